The first kappa shape index (κ1) is 9.13. The van der Waals surface area contributed by atoms with Gasteiger partial charge in [-0.1, -0.05) is 0 Å². The van der Waals surface area contributed by atoms with Crippen LogP contribution in [0.15, 0.2) is 29.9 Å². The number of carbonyl (C=O) groups is 1. The van der Waals surface area contributed by atoms with Crippen molar-refractivity contribution in [3.05, 3.63) is 35.5 Å². The second-order valence-corrected chi connectivity index (χ2v) is 5.08. The second kappa shape index (κ2) is 3.05. The van der Waals surface area contributed by atoms with E-state index in [1.54, 1.807) is 17.5 Å². The lowest BCUT2D eigenvalue weighted by Gasteiger charge is -2.06. The first-order valence-corrected chi connectivity index (χ1v) is 6.28. The fourth-order valence-electron chi connectivity index (χ4n) is 2.52. The summed E-state index contributed by atoms with van der Waals surface area (Å²) in [4.78, 5) is 15.7. The molecule has 2 aromatic heterocycles. The number of fused-ring (bicyclic) bond motifs is 6. The Hall–Kier alpha value is -1.94. The summed E-state index contributed by atoms with van der Waals surface area (Å²) in [5.41, 5.74) is 2.08. The molecule has 0 bridgehead atoms. The van der Waals surface area contributed by atoms with Crippen LogP contribution in [0.25, 0.3) is 20.9 Å². The molecule has 0 saturated carbocycles. The molecule has 0 fully saturated rings. The molecule has 1 aliphatic rings. The van der Waals surface area contributed by atoms with Crippen molar-refractivity contribution in [2.45, 2.75) is 6.42 Å². The summed E-state index contributed by atoms with van der Waals surface area (Å²) in [6.45, 7) is 0. The number of rotatable bonds is 0. The average molecular weight is 240 g/mol. The normalized spacial score (nSPS) is 14.2. The number of nitrogens with one attached hydrogen (secondary N) is 1. The van der Waals surface area contributed by atoms with Crippen LogP contribution in [0.4, 0.5) is 5.69 Å². The molecule has 0 aliphatic carbocycles. The van der Waals surface area contributed by atoms with Gasteiger partial charge in [0.15, 0.2) is 0 Å². The van der Waals surface area contributed by atoms with Crippen LogP contribution in [-0.2, 0) is 11.2 Å². The maximum Gasteiger partial charge on any atom is 0.228 e. The molecular weight excluding hydrogens is 232 g/mol. The number of carbonyl (C=O) groups excluding carboxylic acids is 1. The molecule has 0 radical (unpaired) electrons. The number of benzene rings is 1. The van der Waals surface area contributed by atoms with Crippen LogP contribution in [0.3, 0.4) is 0 Å². The van der Waals surface area contributed by atoms with Gasteiger partial charge in [-0.2, -0.15) is 0 Å². The van der Waals surface area contributed by atoms with E-state index in [9.17, 15) is 4.79 Å². The Bertz CT molecular complexity index is 776. The quantitative estimate of drug-likeness (QED) is 0.656. The van der Waals surface area contributed by atoms with Crippen molar-refractivity contribution in [3.8, 4) is 0 Å². The van der Waals surface area contributed by atoms with Crippen LogP contribution in [0.1, 0.15) is 5.56 Å². The van der Waals surface area contributed by atoms with Gasteiger partial charge in [-0.25, -0.2) is 0 Å². The Labute approximate surface area is 101 Å². The van der Waals surface area contributed by atoms with Crippen LogP contribution in [-0.4, -0.2) is 10.9 Å². The lowest BCUT2D eigenvalue weighted by Crippen LogP contribution is -2.03. The van der Waals surface area contributed by atoms with Gasteiger partial charge in [0.1, 0.15) is 0 Å². The molecule has 1 N–H and O–H groups in total. The predicted octanol–water partition coefficient (Wildman–Crippen LogP) is 2.94. The average Bonchev–Trinajstić information content (AvgIpc) is 2.94. The van der Waals surface area contributed by atoms with E-state index in [-0.39, 0.29) is 5.91 Å². The monoisotopic (exact) mass is 240 g/mol. The van der Waals surface area contributed by atoms with Crippen LogP contribution >= 0.6 is 11.3 Å². The molecule has 0 spiro atoms. The third kappa shape index (κ3) is 1.10. The third-order valence-electron chi connectivity index (χ3n) is 3.22. The van der Waals surface area contributed by atoms with Crippen molar-refractivity contribution in [1.82, 2.24) is 4.98 Å². The highest BCUT2D eigenvalue weighted by atomic mass is 32.1. The van der Waals surface area contributed by atoms with Crippen molar-refractivity contribution in [1.29, 1.82) is 0 Å². The molecular formula is C13H8N2OS. The highest BCUT2D eigenvalue weighted by molar-refractivity contribution is 7.17. The van der Waals surface area contributed by atoms with E-state index in [1.165, 1.54) is 10.1 Å². The maximum absolute atomic E-state index is 11.6. The topological polar surface area (TPSA) is 42.0 Å². The minimum atomic E-state index is 0.0750. The lowest BCUT2D eigenvalue weighted by molar-refractivity contribution is -0.115. The summed E-state index contributed by atoms with van der Waals surface area (Å²) >= 11 is 1.70. The summed E-state index contributed by atoms with van der Waals surface area (Å²) < 4.78 is 1.22. The molecule has 1 aromatic carbocycles. The van der Waals surface area contributed by atoms with E-state index >= 15 is 0 Å². The van der Waals surface area contributed by atoms with Gasteiger partial charge >= 0.3 is 0 Å². The lowest BCUT2D eigenvalue weighted by atomic mass is 10.0. The largest absolute Gasteiger partial charge is 0.325 e. The maximum atomic E-state index is 11.6. The number of pyridine rings is 1. The first-order chi connectivity index (χ1) is 8.34. The van der Waals surface area contributed by atoms with Crippen molar-refractivity contribution in [3.63, 3.8) is 0 Å². The zero-order chi connectivity index (χ0) is 11.4. The molecule has 1 amide bonds. The molecule has 1 aliphatic heterocycles. The standard InChI is InChI=1S/C13H8N2OS/c16-11-5-9-12(15-11)10-6-14-3-1-7(10)8-2-4-17-13(8)9/h1-4,6H,5H2,(H,15,16). The van der Waals surface area contributed by atoms with Crippen molar-refractivity contribution in [2.75, 3.05) is 5.32 Å². The Balaban J connectivity index is 2.31. The van der Waals surface area contributed by atoms with Gasteiger partial charge in [-0.3, -0.25) is 9.78 Å². The molecule has 3 heterocycles. The summed E-state index contributed by atoms with van der Waals surface area (Å²) in [5, 5.41) is 8.46. The Morgan fingerprint density at radius 1 is 1.24 bits per heavy atom. The number of anilines is 1. The zero-order valence-corrected chi connectivity index (χ0v) is 9.67. The fraction of sp³-hybridized carbons (Fsp3) is 0.0769. The van der Waals surface area contributed by atoms with Gasteiger partial charge in [-0.05, 0) is 22.9 Å². The molecule has 82 valence electrons. The van der Waals surface area contributed by atoms with Crippen molar-refractivity contribution >= 4 is 43.8 Å². The van der Waals surface area contributed by atoms with Gasteiger partial charge in [0.2, 0.25) is 5.91 Å². The summed E-state index contributed by atoms with van der Waals surface area (Å²) in [6, 6.07) is 4.13. The number of nitrogens with zero attached hydrogens (tertiary/aromatic N) is 1. The zero-order valence-electron chi connectivity index (χ0n) is 8.86. The SMILES string of the molecule is O=C1Cc2c(c3cnccc3c3ccsc23)N1. The fourth-order valence-corrected chi connectivity index (χ4v) is 3.48. The van der Waals surface area contributed by atoms with Gasteiger partial charge in [-0.15, -0.1) is 11.3 Å². The van der Waals surface area contributed by atoms with E-state index in [2.05, 4.69) is 21.7 Å². The molecule has 17 heavy (non-hydrogen) atoms. The number of hydrogen-bond acceptors (Lipinski definition) is 3. The van der Waals surface area contributed by atoms with Crippen LogP contribution in [0.5, 0.6) is 0 Å². The predicted molar refractivity (Wildman–Crippen MR) is 69.5 cm³/mol. The van der Waals surface area contributed by atoms with Crippen LogP contribution in [0.2, 0.25) is 0 Å². The van der Waals surface area contributed by atoms with E-state index in [1.807, 2.05) is 12.3 Å². The first-order valence-electron chi connectivity index (χ1n) is 5.40. The molecule has 4 heteroatoms. The van der Waals surface area contributed by atoms with E-state index in [0.29, 0.717) is 6.42 Å². The number of amides is 1. The van der Waals surface area contributed by atoms with Crippen molar-refractivity contribution in [2.24, 2.45) is 0 Å². The molecule has 0 saturated heterocycles. The van der Waals surface area contributed by atoms with E-state index in [0.717, 1.165) is 22.0 Å². The Morgan fingerprint density at radius 3 is 3.12 bits per heavy atom. The van der Waals surface area contributed by atoms with Gasteiger partial charge in [0, 0.05) is 33.4 Å². The van der Waals surface area contributed by atoms with Gasteiger partial charge in [0.05, 0.1) is 12.1 Å². The third-order valence-corrected chi connectivity index (χ3v) is 4.20. The van der Waals surface area contributed by atoms with Gasteiger partial charge in [0.25, 0.3) is 0 Å². The summed E-state index contributed by atoms with van der Waals surface area (Å²) in [5.74, 6) is 0.0750. The molecule has 0 atom stereocenters. The van der Waals surface area contributed by atoms with Crippen LogP contribution in [0, 0.1) is 0 Å². The molecule has 4 rings (SSSR count). The smallest absolute Gasteiger partial charge is 0.228 e. The highest BCUT2D eigenvalue weighted by Crippen LogP contribution is 2.41. The minimum absolute atomic E-state index is 0.0750. The van der Waals surface area contributed by atoms with Gasteiger partial charge < -0.3 is 5.32 Å². The Kier molecular flexibility index (Phi) is 1.64. The molecule has 3 aromatic rings. The number of aromatic nitrogens is 1. The summed E-state index contributed by atoms with van der Waals surface area (Å²) in [6.07, 6.45) is 4.11. The van der Waals surface area contributed by atoms with E-state index in [4.69, 9.17) is 0 Å². The van der Waals surface area contributed by atoms with E-state index < -0.39 is 0 Å². The number of hydrogen-bond donors (Lipinski definition) is 1. The highest BCUT2D eigenvalue weighted by Gasteiger charge is 2.24. The van der Waals surface area contributed by atoms with Crippen molar-refractivity contribution < 1.29 is 4.79 Å². The number of thiophene rings is 1. The molecule has 3 nitrogen and oxygen atoms in total. The minimum Gasteiger partial charge on any atom is -0.325 e. The Morgan fingerprint density at radius 2 is 2.18 bits per heavy atom. The summed E-state index contributed by atoms with van der Waals surface area (Å²) in [7, 11) is 0. The molecule has 0 unspecified atom stereocenters. The van der Waals surface area contributed by atoms with Crippen LogP contribution < -0.4 is 5.32 Å². The second-order valence-electron chi connectivity index (χ2n) is 4.16.